The fourth-order valence-corrected chi connectivity index (χ4v) is 9.66. The zero-order chi connectivity index (χ0) is 44.7. The Morgan fingerprint density at radius 1 is 0.833 bits per heavy atom. The van der Waals surface area contributed by atoms with E-state index >= 15 is 4.79 Å². The maximum absolute atomic E-state index is 15.1. The molecule has 60 heavy (non-hydrogen) atoms. The number of amides is 4. The highest BCUT2D eigenvalue weighted by Gasteiger charge is 2.74. The van der Waals surface area contributed by atoms with E-state index in [1.165, 1.54) is 19.4 Å². The maximum Gasteiger partial charge on any atom is 0.345 e. The van der Waals surface area contributed by atoms with Crippen molar-refractivity contribution in [1.29, 1.82) is 0 Å². The van der Waals surface area contributed by atoms with E-state index in [1.807, 2.05) is 6.07 Å². The molecule has 328 valence electrons. The summed E-state index contributed by atoms with van der Waals surface area (Å²) in [6.07, 6.45) is 1.98. The molecule has 4 amide bonds. The Bertz CT molecular complexity index is 2110. The number of anilines is 1. The van der Waals surface area contributed by atoms with Crippen LogP contribution in [0.15, 0.2) is 78.9 Å². The van der Waals surface area contributed by atoms with Gasteiger partial charge in [0.25, 0.3) is 21.7 Å². The summed E-state index contributed by atoms with van der Waals surface area (Å²) in [6.45, 7) is 17.3. The van der Waals surface area contributed by atoms with E-state index < -0.39 is 55.7 Å². The number of methoxy groups -OCH3 is 2. The number of benzene rings is 3. The van der Waals surface area contributed by atoms with Crippen molar-refractivity contribution in [2.45, 2.75) is 114 Å². The predicted molar refractivity (Wildman–Crippen MR) is 236 cm³/mol. The molecule has 1 saturated heterocycles. The van der Waals surface area contributed by atoms with Crippen LogP contribution < -0.4 is 14.8 Å². The van der Waals surface area contributed by atoms with Gasteiger partial charge in [-0.15, -0.1) is 11.8 Å². The zero-order valence-electron chi connectivity index (χ0n) is 36.8. The standard InChI is InChI=1S/C45H62N4O9S2/c1-12-41(4,5)33-26-27-36(35(30-33)42(6,7)13-2)58-29-21-28-46-60(54,55)45(57-11)39(52)49(40(53)48(45)31-32-22-17-15-18-23-32)44(56-10,37(50)43(8,9)59-14-3)38(51)47-34-24-19-16-20-25-34/h15-20,22-27,30,46H,12-14,21,28-29,31H2,1-11H3,(H,47,51). The molecule has 1 heterocycles. The number of thioether (sulfide) groups is 1. The first-order valence-corrected chi connectivity index (χ1v) is 22.8. The summed E-state index contributed by atoms with van der Waals surface area (Å²) in [6, 6.07) is 21.4. The van der Waals surface area contributed by atoms with Crippen LogP contribution in [0, 0.1) is 0 Å². The summed E-state index contributed by atoms with van der Waals surface area (Å²) in [5.74, 6) is -2.55. The highest BCUT2D eigenvalue weighted by atomic mass is 32.2. The summed E-state index contributed by atoms with van der Waals surface area (Å²) in [5.41, 5.74) is -0.314. The molecule has 0 bridgehead atoms. The van der Waals surface area contributed by atoms with Crippen molar-refractivity contribution in [3.8, 4) is 5.75 Å². The number of imide groups is 1. The van der Waals surface area contributed by atoms with Crippen molar-refractivity contribution in [2.75, 3.05) is 38.4 Å². The Morgan fingerprint density at radius 2 is 1.43 bits per heavy atom. The number of para-hydroxylation sites is 1. The van der Waals surface area contributed by atoms with E-state index in [9.17, 15) is 22.8 Å². The summed E-state index contributed by atoms with van der Waals surface area (Å²) in [4.78, 5) is 60.3. The van der Waals surface area contributed by atoms with Gasteiger partial charge >= 0.3 is 17.0 Å². The largest absolute Gasteiger partial charge is 0.493 e. The number of Topliss-reactive ketones (excluding diaryl/α,β-unsaturated/α-hetero) is 1. The Morgan fingerprint density at radius 3 is 1.98 bits per heavy atom. The van der Waals surface area contributed by atoms with Crippen molar-refractivity contribution in [2.24, 2.45) is 0 Å². The lowest BCUT2D eigenvalue weighted by molar-refractivity contribution is -0.180. The highest BCUT2D eigenvalue weighted by Crippen LogP contribution is 2.43. The van der Waals surface area contributed by atoms with Gasteiger partial charge in [-0.2, -0.15) is 0 Å². The van der Waals surface area contributed by atoms with Gasteiger partial charge in [-0.3, -0.25) is 19.3 Å². The van der Waals surface area contributed by atoms with Crippen LogP contribution in [0.1, 0.15) is 98.3 Å². The molecular formula is C45H62N4O9S2. The minimum Gasteiger partial charge on any atom is -0.493 e. The Hall–Kier alpha value is -4.28. The van der Waals surface area contributed by atoms with E-state index in [2.05, 4.69) is 63.7 Å². The second kappa shape index (κ2) is 19.2. The molecule has 3 aromatic rings. The molecule has 0 saturated carbocycles. The maximum atomic E-state index is 15.1. The van der Waals surface area contributed by atoms with Crippen LogP contribution in [0.5, 0.6) is 5.75 Å². The number of nitrogens with zero attached hydrogens (tertiary/aromatic N) is 2. The smallest absolute Gasteiger partial charge is 0.345 e. The number of hydrogen-bond donors (Lipinski definition) is 2. The monoisotopic (exact) mass is 866 g/mol. The minimum absolute atomic E-state index is 0.0394. The van der Waals surface area contributed by atoms with Crippen LogP contribution in [0.2, 0.25) is 0 Å². The van der Waals surface area contributed by atoms with Crippen molar-refractivity contribution in [3.05, 3.63) is 95.6 Å². The third-order valence-electron chi connectivity index (χ3n) is 11.5. The molecule has 2 unspecified atom stereocenters. The number of ether oxygens (including phenoxy) is 3. The normalized spacial score (nSPS) is 17.4. The van der Waals surface area contributed by atoms with Gasteiger partial charge in [-0.25, -0.2) is 22.8 Å². The van der Waals surface area contributed by atoms with Gasteiger partial charge in [-0.1, -0.05) is 109 Å². The van der Waals surface area contributed by atoms with Gasteiger partial charge in [-0.05, 0) is 79.0 Å². The van der Waals surface area contributed by atoms with Gasteiger partial charge in [0.1, 0.15) is 5.75 Å². The molecule has 2 atom stereocenters. The van der Waals surface area contributed by atoms with Crippen molar-refractivity contribution >= 4 is 51.1 Å². The van der Waals surface area contributed by atoms with Crippen LogP contribution in [-0.4, -0.2) is 90.5 Å². The zero-order valence-corrected chi connectivity index (χ0v) is 38.5. The summed E-state index contributed by atoms with van der Waals surface area (Å²) < 4.78 is 48.2. The first kappa shape index (κ1) is 48.4. The molecule has 0 aromatic heterocycles. The lowest BCUT2D eigenvalue weighted by Crippen LogP contribution is -2.69. The molecule has 4 rings (SSSR count). The molecule has 2 N–H and O–H groups in total. The van der Waals surface area contributed by atoms with Crippen molar-refractivity contribution in [3.63, 3.8) is 0 Å². The summed E-state index contributed by atoms with van der Waals surface area (Å²) in [5, 5.41) is -0.474. The SMILES string of the molecule is CCSC(C)(C)C(=O)C(OC)(C(=O)Nc1ccccc1)N1C(=O)N(Cc2ccccc2)C(OC)(S(=O)(=O)NCCCOc2ccc(C(C)(C)CC)cc2C(C)(C)CC)C1=O. The number of rotatable bonds is 22. The third kappa shape index (κ3) is 9.30. The van der Waals surface area contributed by atoms with E-state index in [0.717, 1.165) is 44.4 Å². The average Bonchev–Trinajstić information content (AvgIpc) is 3.44. The second-order valence-electron chi connectivity index (χ2n) is 16.5. The molecule has 13 nitrogen and oxygen atoms in total. The first-order chi connectivity index (χ1) is 28.2. The number of sulfonamides is 1. The van der Waals surface area contributed by atoms with E-state index in [4.69, 9.17) is 14.2 Å². The van der Waals surface area contributed by atoms with E-state index in [-0.39, 0.29) is 36.1 Å². The minimum atomic E-state index is -5.00. The number of ketones is 1. The number of urea groups is 1. The molecule has 0 radical (unpaired) electrons. The average molecular weight is 867 g/mol. The molecule has 1 aliphatic heterocycles. The summed E-state index contributed by atoms with van der Waals surface area (Å²) in [7, 11) is -3.01. The Kier molecular flexibility index (Phi) is 15.5. The van der Waals surface area contributed by atoms with Gasteiger partial charge in [0, 0.05) is 32.0 Å². The number of carbonyl (C=O) groups excluding carboxylic acids is 4. The van der Waals surface area contributed by atoms with Crippen LogP contribution >= 0.6 is 11.8 Å². The molecule has 15 heteroatoms. The van der Waals surface area contributed by atoms with Crippen molar-refractivity contribution in [1.82, 2.24) is 14.5 Å². The molecular weight excluding hydrogens is 805 g/mol. The van der Waals surface area contributed by atoms with Crippen LogP contribution in [-0.2, 0) is 51.3 Å². The fourth-order valence-electron chi connectivity index (χ4n) is 7.09. The number of nitrogens with one attached hydrogen (secondary N) is 2. The highest BCUT2D eigenvalue weighted by molar-refractivity contribution is 8.01. The molecule has 0 spiro atoms. The van der Waals surface area contributed by atoms with Gasteiger partial charge in [0.2, 0.25) is 5.78 Å². The fraction of sp³-hybridized carbons (Fsp3) is 0.511. The van der Waals surface area contributed by atoms with E-state index in [0.29, 0.717) is 26.9 Å². The van der Waals surface area contributed by atoms with Gasteiger partial charge < -0.3 is 19.5 Å². The van der Waals surface area contributed by atoms with Crippen LogP contribution in [0.3, 0.4) is 0 Å². The van der Waals surface area contributed by atoms with Crippen LogP contribution in [0.4, 0.5) is 10.5 Å². The topological polar surface area (TPSA) is 161 Å². The Labute approximate surface area is 360 Å². The predicted octanol–water partition coefficient (Wildman–Crippen LogP) is 7.60. The quantitative estimate of drug-likeness (QED) is 0.0585. The first-order valence-electron chi connectivity index (χ1n) is 20.3. The summed E-state index contributed by atoms with van der Waals surface area (Å²) >= 11 is 1.16. The molecule has 1 fully saturated rings. The molecule has 0 aliphatic carbocycles. The Balaban J connectivity index is 1.75. The van der Waals surface area contributed by atoms with E-state index in [1.54, 1.807) is 67.6 Å². The second-order valence-corrected chi connectivity index (χ2v) is 20.2. The van der Waals surface area contributed by atoms with Crippen molar-refractivity contribution < 1.29 is 41.8 Å². The van der Waals surface area contributed by atoms with Crippen LogP contribution in [0.25, 0.3) is 0 Å². The lowest BCUT2D eigenvalue weighted by Gasteiger charge is -2.40. The number of hydrogen-bond acceptors (Lipinski definition) is 10. The molecule has 1 aliphatic rings. The van der Waals surface area contributed by atoms with Gasteiger partial charge in [0.15, 0.2) is 0 Å². The molecule has 3 aromatic carbocycles. The van der Waals surface area contributed by atoms with Gasteiger partial charge in [0.05, 0.1) is 17.9 Å². The number of carbonyl (C=O) groups is 4. The lowest BCUT2D eigenvalue weighted by atomic mass is 9.76. The third-order valence-corrected chi connectivity index (χ3v) is 14.6.